The van der Waals surface area contributed by atoms with Gasteiger partial charge >= 0.3 is 0 Å². The van der Waals surface area contributed by atoms with Gasteiger partial charge in [-0.1, -0.05) is 55.4 Å². The zero-order valence-corrected chi connectivity index (χ0v) is 11.7. The molecule has 102 valence electrons. The molecule has 0 fully saturated rings. The number of nitrogens with zero attached hydrogens (tertiary/aromatic N) is 1. The molecule has 3 nitrogen and oxygen atoms in total. The van der Waals surface area contributed by atoms with E-state index >= 15 is 0 Å². The Hall–Kier alpha value is -1.61. The predicted molar refractivity (Wildman–Crippen MR) is 77.5 cm³/mol. The van der Waals surface area contributed by atoms with Crippen molar-refractivity contribution in [2.24, 2.45) is 17.0 Å². The molecule has 1 N–H and O–H groups in total. The fraction of sp³-hybridized carbons (Fsp3) is 0.438. The lowest BCUT2D eigenvalue weighted by Gasteiger charge is -2.27. The molecule has 3 heteroatoms. The Kier molecular flexibility index (Phi) is 4.38. The maximum Gasteiger partial charge on any atom is 0.101 e. The number of hydrogen-bond donors (Lipinski definition) is 1. The molecule has 1 aliphatic rings. The molecule has 1 aliphatic carbocycles. The Morgan fingerprint density at radius 3 is 2.74 bits per heavy atom. The van der Waals surface area contributed by atoms with Crippen molar-refractivity contribution in [2.45, 2.75) is 26.4 Å². The SMILES string of the molecule is COC(/C(=N/O)C1C=Cc2ccccc2C1)C(C)C. The second-order valence-electron chi connectivity index (χ2n) is 5.29. The Balaban J connectivity index is 2.24. The van der Waals surface area contributed by atoms with E-state index in [-0.39, 0.29) is 17.9 Å². The molecule has 0 amide bonds. The van der Waals surface area contributed by atoms with Gasteiger partial charge in [-0.15, -0.1) is 0 Å². The van der Waals surface area contributed by atoms with Crippen LogP contribution in [0.2, 0.25) is 0 Å². The van der Waals surface area contributed by atoms with Crippen LogP contribution in [0.5, 0.6) is 0 Å². The number of fused-ring (bicyclic) bond motifs is 1. The van der Waals surface area contributed by atoms with E-state index in [4.69, 9.17) is 4.74 Å². The number of hydrogen-bond acceptors (Lipinski definition) is 3. The van der Waals surface area contributed by atoms with Crippen molar-refractivity contribution in [3.63, 3.8) is 0 Å². The first-order valence-electron chi connectivity index (χ1n) is 6.68. The average molecular weight is 259 g/mol. The molecule has 0 heterocycles. The highest BCUT2D eigenvalue weighted by Gasteiger charge is 2.28. The van der Waals surface area contributed by atoms with Gasteiger partial charge in [-0.25, -0.2) is 0 Å². The standard InChI is InChI=1S/C16H21NO2/c1-11(2)16(19-3)15(17-18)14-9-8-12-6-4-5-7-13(12)10-14/h4-9,11,14,16,18H,10H2,1-3H3/b17-15+. The van der Waals surface area contributed by atoms with Gasteiger partial charge in [0.05, 0.1) is 5.71 Å². The van der Waals surface area contributed by atoms with E-state index in [1.165, 1.54) is 11.1 Å². The highest BCUT2D eigenvalue weighted by molar-refractivity contribution is 5.93. The molecular weight excluding hydrogens is 238 g/mol. The molecule has 0 aliphatic heterocycles. The Morgan fingerprint density at radius 2 is 2.11 bits per heavy atom. The molecule has 2 atom stereocenters. The molecule has 0 radical (unpaired) electrons. The number of rotatable bonds is 4. The number of allylic oxidation sites excluding steroid dienone is 1. The second-order valence-corrected chi connectivity index (χ2v) is 5.29. The maximum absolute atomic E-state index is 9.35. The van der Waals surface area contributed by atoms with Crippen LogP contribution in [-0.2, 0) is 11.2 Å². The van der Waals surface area contributed by atoms with Gasteiger partial charge in [-0.2, -0.15) is 0 Å². The highest BCUT2D eigenvalue weighted by atomic mass is 16.5. The Labute approximate surface area is 114 Å². The van der Waals surface area contributed by atoms with Crippen molar-refractivity contribution >= 4 is 11.8 Å². The van der Waals surface area contributed by atoms with Crippen LogP contribution in [0.25, 0.3) is 6.08 Å². The minimum atomic E-state index is -0.148. The molecule has 1 aromatic carbocycles. The minimum absolute atomic E-state index is 0.104. The first-order valence-corrected chi connectivity index (χ1v) is 6.68. The summed E-state index contributed by atoms with van der Waals surface area (Å²) >= 11 is 0. The molecule has 2 rings (SSSR count). The summed E-state index contributed by atoms with van der Waals surface area (Å²) in [7, 11) is 1.66. The van der Waals surface area contributed by atoms with Crippen LogP contribution in [0, 0.1) is 11.8 Å². The molecular formula is C16H21NO2. The number of ether oxygens (including phenoxy) is 1. The Bertz CT molecular complexity index is 491. The van der Waals surface area contributed by atoms with Crippen LogP contribution in [-0.4, -0.2) is 24.1 Å². The summed E-state index contributed by atoms with van der Waals surface area (Å²) in [6.07, 6.45) is 4.91. The van der Waals surface area contributed by atoms with Crippen LogP contribution < -0.4 is 0 Å². The number of oxime groups is 1. The smallest absolute Gasteiger partial charge is 0.101 e. The minimum Gasteiger partial charge on any atom is -0.411 e. The number of benzene rings is 1. The van der Waals surface area contributed by atoms with Crippen molar-refractivity contribution in [2.75, 3.05) is 7.11 Å². The molecule has 0 bridgehead atoms. The molecule has 2 unspecified atom stereocenters. The largest absolute Gasteiger partial charge is 0.411 e. The lowest BCUT2D eigenvalue weighted by atomic mass is 9.83. The van der Waals surface area contributed by atoms with Crippen molar-refractivity contribution < 1.29 is 9.94 Å². The quantitative estimate of drug-likeness (QED) is 0.511. The zero-order valence-electron chi connectivity index (χ0n) is 11.7. The fourth-order valence-electron chi connectivity index (χ4n) is 2.69. The van der Waals surface area contributed by atoms with Crippen molar-refractivity contribution in [3.8, 4) is 0 Å². The van der Waals surface area contributed by atoms with E-state index in [0.29, 0.717) is 5.71 Å². The lowest BCUT2D eigenvalue weighted by molar-refractivity contribution is 0.111. The van der Waals surface area contributed by atoms with E-state index in [9.17, 15) is 5.21 Å². The number of methoxy groups -OCH3 is 1. The van der Waals surface area contributed by atoms with Gasteiger partial charge in [-0.3, -0.25) is 0 Å². The van der Waals surface area contributed by atoms with Crippen molar-refractivity contribution in [1.29, 1.82) is 0 Å². The van der Waals surface area contributed by atoms with Gasteiger partial charge in [0.25, 0.3) is 0 Å². The normalized spacial score (nSPS) is 20.4. The van der Waals surface area contributed by atoms with E-state index in [2.05, 4.69) is 43.3 Å². The summed E-state index contributed by atoms with van der Waals surface area (Å²) < 4.78 is 5.48. The van der Waals surface area contributed by atoms with Crippen LogP contribution in [0.4, 0.5) is 0 Å². The predicted octanol–water partition coefficient (Wildman–Crippen LogP) is 3.37. The third-order valence-corrected chi connectivity index (χ3v) is 3.65. The van der Waals surface area contributed by atoms with E-state index in [1.807, 2.05) is 12.1 Å². The van der Waals surface area contributed by atoms with Crippen LogP contribution in [0.15, 0.2) is 35.5 Å². The maximum atomic E-state index is 9.35. The first kappa shape index (κ1) is 13.8. The van der Waals surface area contributed by atoms with Gasteiger partial charge in [0.2, 0.25) is 0 Å². The molecule has 0 saturated heterocycles. The molecule has 0 saturated carbocycles. The first-order chi connectivity index (χ1) is 9.17. The summed E-state index contributed by atoms with van der Waals surface area (Å²) in [5.74, 6) is 0.383. The van der Waals surface area contributed by atoms with Crippen molar-refractivity contribution in [1.82, 2.24) is 0 Å². The van der Waals surface area contributed by atoms with Gasteiger partial charge in [0, 0.05) is 13.0 Å². The summed E-state index contributed by atoms with van der Waals surface area (Å²) in [6.45, 7) is 4.14. The summed E-state index contributed by atoms with van der Waals surface area (Å²) in [4.78, 5) is 0. The van der Waals surface area contributed by atoms with E-state index < -0.39 is 0 Å². The van der Waals surface area contributed by atoms with Crippen LogP contribution in [0.3, 0.4) is 0 Å². The molecule has 19 heavy (non-hydrogen) atoms. The molecule has 1 aromatic rings. The summed E-state index contributed by atoms with van der Waals surface area (Å²) in [5.41, 5.74) is 3.24. The monoisotopic (exact) mass is 259 g/mol. The van der Waals surface area contributed by atoms with Crippen LogP contribution in [0.1, 0.15) is 25.0 Å². The summed E-state index contributed by atoms with van der Waals surface area (Å²) in [5, 5.41) is 12.9. The van der Waals surface area contributed by atoms with E-state index in [0.717, 1.165) is 6.42 Å². The highest BCUT2D eigenvalue weighted by Crippen LogP contribution is 2.26. The van der Waals surface area contributed by atoms with Gasteiger partial charge in [0.1, 0.15) is 6.10 Å². The lowest BCUT2D eigenvalue weighted by Crippen LogP contribution is -2.35. The third-order valence-electron chi connectivity index (χ3n) is 3.65. The Morgan fingerprint density at radius 1 is 1.37 bits per heavy atom. The van der Waals surface area contributed by atoms with Gasteiger partial charge in [-0.05, 0) is 23.5 Å². The van der Waals surface area contributed by atoms with Crippen LogP contribution >= 0.6 is 0 Å². The fourth-order valence-corrected chi connectivity index (χ4v) is 2.69. The van der Waals surface area contributed by atoms with Gasteiger partial charge in [0.15, 0.2) is 0 Å². The van der Waals surface area contributed by atoms with Gasteiger partial charge < -0.3 is 9.94 Å². The van der Waals surface area contributed by atoms with Crippen molar-refractivity contribution in [3.05, 3.63) is 41.5 Å². The topological polar surface area (TPSA) is 41.8 Å². The second kappa shape index (κ2) is 6.02. The zero-order chi connectivity index (χ0) is 13.8. The summed E-state index contributed by atoms with van der Waals surface area (Å²) in [6, 6.07) is 8.31. The molecule has 0 spiro atoms. The van der Waals surface area contributed by atoms with E-state index in [1.54, 1.807) is 7.11 Å². The average Bonchev–Trinajstić information content (AvgIpc) is 2.43. The third kappa shape index (κ3) is 2.87. The molecule has 0 aromatic heterocycles.